The molecule has 0 fully saturated rings. The molecule has 2 aromatic heterocycles. The van der Waals surface area contributed by atoms with Crippen molar-refractivity contribution in [2.24, 2.45) is 5.73 Å². The van der Waals surface area contributed by atoms with Crippen LogP contribution in [0.25, 0.3) is 16.6 Å². The molecule has 2 amide bonds. The number of carbonyl (C=O) groups excluding carboxylic acids is 2. The topological polar surface area (TPSA) is 90.5 Å². The number of nitrogens with two attached hydrogens (primary N) is 1. The first-order chi connectivity index (χ1) is 16.6. The van der Waals surface area contributed by atoms with Gasteiger partial charge in [-0.2, -0.15) is 5.10 Å². The predicted octanol–water partition coefficient (Wildman–Crippen LogP) is 3.95. The molecule has 1 aliphatic heterocycles. The number of hydrogen-bond acceptors (Lipinski definition) is 5. The molecular formula is C26H22N4O3S. The number of fused-ring (bicyclic) bond motifs is 1. The van der Waals surface area contributed by atoms with Gasteiger partial charge < -0.3 is 15.4 Å². The van der Waals surface area contributed by atoms with Crippen molar-refractivity contribution in [2.75, 3.05) is 11.4 Å². The molecule has 7 nitrogen and oxygen atoms in total. The van der Waals surface area contributed by atoms with Crippen LogP contribution in [-0.2, 0) is 16.1 Å². The smallest absolute Gasteiger partial charge is 0.260 e. The number of primary amides is 1. The first-order valence-corrected chi connectivity index (χ1v) is 11.7. The van der Waals surface area contributed by atoms with Crippen LogP contribution in [0.2, 0.25) is 0 Å². The molecular weight excluding hydrogens is 448 g/mol. The summed E-state index contributed by atoms with van der Waals surface area (Å²) in [5.74, 6) is -0.428. The van der Waals surface area contributed by atoms with Gasteiger partial charge in [0, 0.05) is 17.8 Å². The Hall–Kier alpha value is -4.17. The maximum Gasteiger partial charge on any atom is 0.260 e. The Morgan fingerprint density at radius 1 is 1.09 bits per heavy atom. The number of carbonyl (C=O) groups is 2. The molecule has 0 aliphatic carbocycles. The molecule has 3 heterocycles. The Morgan fingerprint density at radius 3 is 2.65 bits per heavy atom. The van der Waals surface area contributed by atoms with E-state index in [1.165, 1.54) is 11.0 Å². The quantitative estimate of drug-likeness (QED) is 0.432. The fraction of sp³-hybridized carbons (Fsp3) is 0.115. The summed E-state index contributed by atoms with van der Waals surface area (Å²) in [5, 5.41) is 6.78. The second-order valence-corrected chi connectivity index (χ2v) is 8.80. The monoisotopic (exact) mass is 470 g/mol. The number of aromatic nitrogens is 2. The summed E-state index contributed by atoms with van der Waals surface area (Å²) in [4.78, 5) is 27.5. The largest absolute Gasteiger partial charge is 0.477 e. The van der Waals surface area contributed by atoms with E-state index in [2.05, 4.69) is 12.1 Å². The van der Waals surface area contributed by atoms with Gasteiger partial charge in [-0.05, 0) is 35.2 Å². The van der Waals surface area contributed by atoms with E-state index in [1.54, 1.807) is 35.6 Å². The normalized spacial score (nSPS) is 15.2. The van der Waals surface area contributed by atoms with E-state index in [1.807, 2.05) is 52.7 Å². The lowest BCUT2D eigenvalue weighted by molar-refractivity contribution is -0.125. The summed E-state index contributed by atoms with van der Waals surface area (Å²) in [6, 6.07) is 21.2. The van der Waals surface area contributed by atoms with Crippen molar-refractivity contribution >= 4 is 34.9 Å². The Morgan fingerprint density at radius 2 is 1.88 bits per heavy atom. The van der Waals surface area contributed by atoms with Gasteiger partial charge >= 0.3 is 0 Å². The number of ether oxygens (including phenoxy) is 1. The van der Waals surface area contributed by atoms with Crippen LogP contribution in [0.3, 0.4) is 0 Å². The Bertz CT molecular complexity index is 1350. The standard InChI is InChI=1S/C26H22N4O3S/c27-26(32)22-17-30(20-9-4-5-10-21(20)33-22)24(31)13-12-19-16-29(15-18-7-2-1-3-8-18)28-25(19)23-11-6-14-34-23/h1-14,16,22H,15,17H2,(H2,27,32). The van der Waals surface area contributed by atoms with Crippen LogP contribution in [0.1, 0.15) is 11.1 Å². The zero-order valence-corrected chi connectivity index (χ0v) is 19.0. The van der Waals surface area contributed by atoms with Gasteiger partial charge in [-0.1, -0.05) is 48.5 Å². The summed E-state index contributed by atoms with van der Waals surface area (Å²) < 4.78 is 7.54. The molecule has 0 bridgehead atoms. The van der Waals surface area contributed by atoms with Crippen LogP contribution < -0.4 is 15.4 Å². The number of anilines is 1. The van der Waals surface area contributed by atoms with E-state index in [4.69, 9.17) is 15.6 Å². The Balaban J connectivity index is 1.44. The van der Waals surface area contributed by atoms with Crippen LogP contribution in [0.15, 0.2) is 84.4 Å². The summed E-state index contributed by atoms with van der Waals surface area (Å²) in [5.41, 5.74) is 8.85. The number of nitrogens with zero attached hydrogens (tertiary/aromatic N) is 3. The van der Waals surface area contributed by atoms with Crippen molar-refractivity contribution < 1.29 is 14.3 Å². The van der Waals surface area contributed by atoms with E-state index in [0.29, 0.717) is 18.0 Å². The van der Waals surface area contributed by atoms with Crippen LogP contribution in [-0.4, -0.2) is 34.2 Å². The van der Waals surface area contributed by atoms with Gasteiger partial charge in [0.15, 0.2) is 6.10 Å². The molecule has 4 aromatic rings. The zero-order chi connectivity index (χ0) is 23.5. The molecule has 34 heavy (non-hydrogen) atoms. The van der Waals surface area contributed by atoms with Gasteiger partial charge in [0.2, 0.25) is 0 Å². The lowest BCUT2D eigenvalue weighted by Gasteiger charge is -2.32. The van der Waals surface area contributed by atoms with Crippen molar-refractivity contribution in [3.05, 3.63) is 95.5 Å². The summed E-state index contributed by atoms with van der Waals surface area (Å²) >= 11 is 1.59. The zero-order valence-electron chi connectivity index (χ0n) is 18.2. The molecule has 1 aliphatic rings. The fourth-order valence-corrected chi connectivity index (χ4v) is 4.59. The van der Waals surface area contributed by atoms with Gasteiger partial charge in [-0.15, -0.1) is 11.3 Å². The van der Waals surface area contributed by atoms with Crippen LogP contribution in [0.5, 0.6) is 5.75 Å². The molecule has 8 heteroatoms. The fourth-order valence-electron chi connectivity index (χ4n) is 3.86. The minimum Gasteiger partial charge on any atom is -0.477 e. The molecule has 1 atom stereocenters. The highest BCUT2D eigenvalue weighted by Gasteiger charge is 2.31. The third-order valence-electron chi connectivity index (χ3n) is 5.49. The second kappa shape index (κ2) is 9.36. The van der Waals surface area contributed by atoms with E-state index in [9.17, 15) is 9.59 Å². The van der Waals surface area contributed by atoms with Crippen LogP contribution in [0, 0.1) is 0 Å². The first-order valence-electron chi connectivity index (χ1n) is 10.8. The number of thiophene rings is 1. The molecule has 2 N–H and O–H groups in total. The number of amides is 2. The van der Waals surface area contributed by atoms with Gasteiger partial charge in [0.1, 0.15) is 11.4 Å². The summed E-state index contributed by atoms with van der Waals surface area (Å²) in [6.45, 7) is 0.679. The molecule has 2 aromatic carbocycles. The number of para-hydroxylation sites is 2. The minimum atomic E-state index is -0.900. The maximum atomic E-state index is 13.2. The highest BCUT2D eigenvalue weighted by molar-refractivity contribution is 7.13. The molecule has 0 radical (unpaired) electrons. The SMILES string of the molecule is NC(=O)C1CN(C(=O)C=Cc2cn(Cc3ccccc3)nc2-c2cccs2)c2ccccc2O1. The van der Waals surface area contributed by atoms with E-state index in [-0.39, 0.29) is 12.5 Å². The van der Waals surface area contributed by atoms with Crippen LogP contribution >= 0.6 is 11.3 Å². The molecule has 0 saturated heterocycles. The average Bonchev–Trinajstić information content (AvgIpc) is 3.52. The first kappa shape index (κ1) is 21.7. The molecule has 170 valence electrons. The maximum absolute atomic E-state index is 13.2. The van der Waals surface area contributed by atoms with Crippen molar-refractivity contribution in [1.29, 1.82) is 0 Å². The van der Waals surface area contributed by atoms with Crippen molar-refractivity contribution in [1.82, 2.24) is 9.78 Å². The average molecular weight is 471 g/mol. The minimum absolute atomic E-state index is 0.0561. The van der Waals surface area contributed by atoms with Gasteiger partial charge in [0.25, 0.3) is 11.8 Å². The molecule has 5 rings (SSSR count). The van der Waals surface area contributed by atoms with E-state index >= 15 is 0 Å². The number of rotatable bonds is 6. The highest BCUT2D eigenvalue weighted by Crippen LogP contribution is 2.33. The molecule has 1 unspecified atom stereocenters. The van der Waals surface area contributed by atoms with E-state index < -0.39 is 12.0 Å². The highest BCUT2D eigenvalue weighted by atomic mass is 32.1. The van der Waals surface area contributed by atoms with Crippen molar-refractivity contribution in [2.45, 2.75) is 12.6 Å². The number of hydrogen-bond donors (Lipinski definition) is 1. The van der Waals surface area contributed by atoms with Crippen molar-refractivity contribution in [3.8, 4) is 16.3 Å². The predicted molar refractivity (Wildman–Crippen MR) is 133 cm³/mol. The molecule has 0 spiro atoms. The lowest BCUT2D eigenvalue weighted by atomic mass is 10.1. The molecule has 0 saturated carbocycles. The van der Waals surface area contributed by atoms with E-state index in [0.717, 1.165) is 21.7 Å². The van der Waals surface area contributed by atoms with Crippen molar-refractivity contribution in [3.63, 3.8) is 0 Å². The number of benzene rings is 2. The van der Waals surface area contributed by atoms with Gasteiger partial charge in [-0.3, -0.25) is 14.3 Å². The van der Waals surface area contributed by atoms with Gasteiger partial charge in [-0.25, -0.2) is 0 Å². The summed E-state index contributed by atoms with van der Waals surface area (Å²) in [6.07, 6.45) is 4.30. The summed E-state index contributed by atoms with van der Waals surface area (Å²) in [7, 11) is 0. The van der Waals surface area contributed by atoms with Crippen LogP contribution in [0.4, 0.5) is 5.69 Å². The van der Waals surface area contributed by atoms with Gasteiger partial charge in [0.05, 0.1) is 23.7 Å². The third-order valence-corrected chi connectivity index (χ3v) is 6.37. The Labute approximate surface area is 200 Å². The second-order valence-electron chi connectivity index (χ2n) is 7.85. The Kier molecular flexibility index (Phi) is 5.97. The lowest BCUT2D eigenvalue weighted by Crippen LogP contribution is -2.49. The third kappa shape index (κ3) is 4.49.